The minimum Gasteiger partial charge on any atom is -0.362 e. The molecule has 3 nitrogen and oxygen atoms in total. The first-order chi connectivity index (χ1) is 8.09. The molecule has 94 valence electrons. The fourth-order valence-corrected chi connectivity index (χ4v) is 1.69. The Morgan fingerprint density at radius 1 is 1.29 bits per heavy atom. The van der Waals surface area contributed by atoms with Gasteiger partial charge < -0.3 is 15.5 Å². The van der Waals surface area contributed by atoms with E-state index in [0.717, 1.165) is 25.2 Å². The van der Waals surface area contributed by atoms with Gasteiger partial charge in [0.2, 0.25) is 0 Å². The van der Waals surface area contributed by atoms with Crippen LogP contribution >= 0.6 is 12.2 Å². The first kappa shape index (κ1) is 13.9. The van der Waals surface area contributed by atoms with Gasteiger partial charge in [0.05, 0.1) is 0 Å². The molecule has 17 heavy (non-hydrogen) atoms. The molecule has 0 bridgehead atoms. The summed E-state index contributed by atoms with van der Waals surface area (Å²) in [5.74, 6) is 0. The second-order valence-corrected chi connectivity index (χ2v) is 4.76. The molecule has 4 heteroatoms. The van der Waals surface area contributed by atoms with Gasteiger partial charge in [-0.3, -0.25) is 0 Å². The van der Waals surface area contributed by atoms with Crippen molar-refractivity contribution in [1.29, 1.82) is 0 Å². The molecule has 0 atom stereocenters. The lowest BCUT2D eigenvalue weighted by atomic mass is 10.2. The lowest BCUT2D eigenvalue weighted by molar-refractivity contribution is 0.400. The van der Waals surface area contributed by atoms with E-state index in [0.29, 0.717) is 5.11 Å². The fraction of sp³-hybridized carbons (Fsp3) is 0.462. The number of hydrogen-bond donors (Lipinski definition) is 2. The van der Waals surface area contributed by atoms with Crippen molar-refractivity contribution in [2.24, 2.45) is 0 Å². The van der Waals surface area contributed by atoms with E-state index in [9.17, 15) is 0 Å². The summed E-state index contributed by atoms with van der Waals surface area (Å²) in [7, 11) is 4.15. The van der Waals surface area contributed by atoms with Crippen molar-refractivity contribution in [2.45, 2.75) is 13.3 Å². The van der Waals surface area contributed by atoms with Crippen LogP contribution in [0.5, 0.6) is 0 Å². The first-order valence-corrected chi connectivity index (χ1v) is 6.25. The van der Waals surface area contributed by atoms with Crippen LogP contribution in [0, 0.1) is 6.92 Å². The SMILES string of the molecule is Cc1ccccc1NC(=S)NCCCN(C)C. The van der Waals surface area contributed by atoms with Gasteiger partial charge in [0.1, 0.15) is 0 Å². The number of aryl methyl sites for hydroxylation is 1. The predicted molar refractivity (Wildman–Crippen MR) is 78.6 cm³/mol. The van der Waals surface area contributed by atoms with Crippen LogP contribution in [-0.2, 0) is 0 Å². The van der Waals surface area contributed by atoms with E-state index in [4.69, 9.17) is 12.2 Å². The van der Waals surface area contributed by atoms with Crippen LogP contribution in [-0.4, -0.2) is 37.2 Å². The quantitative estimate of drug-likeness (QED) is 0.620. The van der Waals surface area contributed by atoms with E-state index in [2.05, 4.69) is 42.6 Å². The molecule has 0 fully saturated rings. The van der Waals surface area contributed by atoms with Gasteiger partial charge in [-0.05, 0) is 57.8 Å². The van der Waals surface area contributed by atoms with E-state index in [1.54, 1.807) is 0 Å². The average molecular weight is 251 g/mol. The van der Waals surface area contributed by atoms with Gasteiger partial charge in [0.15, 0.2) is 5.11 Å². The minimum absolute atomic E-state index is 0.693. The summed E-state index contributed by atoms with van der Waals surface area (Å²) in [6.07, 6.45) is 1.09. The molecule has 1 aromatic carbocycles. The van der Waals surface area contributed by atoms with E-state index in [1.165, 1.54) is 5.56 Å². The number of benzene rings is 1. The Morgan fingerprint density at radius 3 is 2.65 bits per heavy atom. The van der Waals surface area contributed by atoms with Crippen LogP contribution in [0.4, 0.5) is 5.69 Å². The van der Waals surface area contributed by atoms with Crippen LogP contribution in [0.15, 0.2) is 24.3 Å². The van der Waals surface area contributed by atoms with Crippen LogP contribution < -0.4 is 10.6 Å². The molecule has 0 amide bonds. The molecule has 0 aliphatic heterocycles. The van der Waals surface area contributed by atoms with E-state index in [-0.39, 0.29) is 0 Å². The third-order valence-corrected chi connectivity index (χ3v) is 2.71. The molecule has 0 saturated heterocycles. The Kier molecular flexibility index (Phi) is 5.94. The molecular formula is C13H21N3S. The molecule has 0 heterocycles. The maximum absolute atomic E-state index is 5.24. The number of nitrogens with one attached hydrogen (secondary N) is 2. The summed E-state index contributed by atoms with van der Waals surface area (Å²) in [4.78, 5) is 2.17. The van der Waals surface area contributed by atoms with Gasteiger partial charge in [-0.2, -0.15) is 0 Å². The molecule has 1 aromatic rings. The molecule has 0 saturated carbocycles. The Labute approximate surface area is 109 Å². The smallest absolute Gasteiger partial charge is 0.170 e. The predicted octanol–water partition coefficient (Wildman–Crippen LogP) is 2.23. The summed E-state index contributed by atoms with van der Waals surface area (Å²) in [5.41, 5.74) is 2.27. The zero-order valence-corrected chi connectivity index (χ0v) is 11.6. The monoisotopic (exact) mass is 251 g/mol. The Balaban J connectivity index is 2.28. The van der Waals surface area contributed by atoms with Crippen molar-refractivity contribution >= 4 is 23.0 Å². The maximum atomic E-state index is 5.24. The van der Waals surface area contributed by atoms with E-state index in [1.807, 2.05) is 18.2 Å². The van der Waals surface area contributed by atoms with Crippen LogP contribution in [0.2, 0.25) is 0 Å². The highest BCUT2D eigenvalue weighted by atomic mass is 32.1. The first-order valence-electron chi connectivity index (χ1n) is 5.85. The van der Waals surface area contributed by atoms with Crippen molar-refractivity contribution in [1.82, 2.24) is 10.2 Å². The lowest BCUT2D eigenvalue weighted by Crippen LogP contribution is -2.31. The van der Waals surface area contributed by atoms with Crippen molar-refractivity contribution in [3.05, 3.63) is 29.8 Å². The average Bonchev–Trinajstić information content (AvgIpc) is 2.27. The normalized spacial score (nSPS) is 10.4. The summed E-state index contributed by atoms with van der Waals surface area (Å²) in [6, 6.07) is 8.12. The Morgan fingerprint density at radius 2 is 2.00 bits per heavy atom. The lowest BCUT2D eigenvalue weighted by Gasteiger charge is -2.13. The zero-order valence-electron chi connectivity index (χ0n) is 10.8. The summed E-state index contributed by atoms with van der Waals surface area (Å²) in [6.45, 7) is 4.03. The molecular weight excluding hydrogens is 230 g/mol. The number of thiocarbonyl (C=S) groups is 1. The number of hydrogen-bond acceptors (Lipinski definition) is 2. The highest BCUT2D eigenvalue weighted by Gasteiger charge is 1.99. The van der Waals surface area contributed by atoms with Gasteiger partial charge in [0.25, 0.3) is 0 Å². The fourth-order valence-electron chi connectivity index (χ4n) is 1.48. The third kappa shape index (κ3) is 5.65. The third-order valence-electron chi connectivity index (χ3n) is 2.46. The van der Waals surface area contributed by atoms with Gasteiger partial charge in [-0.1, -0.05) is 18.2 Å². The van der Waals surface area contributed by atoms with Crippen LogP contribution in [0.1, 0.15) is 12.0 Å². The molecule has 0 spiro atoms. The Bertz CT molecular complexity index is 363. The number of nitrogens with zero attached hydrogens (tertiary/aromatic N) is 1. The topological polar surface area (TPSA) is 27.3 Å². The van der Waals surface area contributed by atoms with Crippen molar-refractivity contribution in [3.8, 4) is 0 Å². The van der Waals surface area contributed by atoms with Crippen molar-refractivity contribution in [2.75, 3.05) is 32.5 Å². The molecule has 0 aliphatic carbocycles. The summed E-state index contributed by atoms with van der Waals surface area (Å²) >= 11 is 5.24. The molecule has 0 aromatic heterocycles. The molecule has 2 N–H and O–H groups in total. The van der Waals surface area contributed by atoms with Gasteiger partial charge >= 0.3 is 0 Å². The van der Waals surface area contributed by atoms with Crippen molar-refractivity contribution < 1.29 is 0 Å². The highest BCUT2D eigenvalue weighted by molar-refractivity contribution is 7.80. The van der Waals surface area contributed by atoms with Crippen LogP contribution in [0.25, 0.3) is 0 Å². The second-order valence-electron chi connectivity index (χ2n) is 4.35. The molecule has 1 rings (SSSR count). The molecule has 0 aliphatic rings. The van der Waals surface area contributed by atoms with Gasteiger partial charge in [0, 0.05) is 12.2 Å². The molecule has 0 radical (unpaired) electrons. The number of rotatable bonds is 5. The van der Waals surface area contributed by atoms with E-state index < -0.39 is 0 Å². The summed E-state index contributed by atoms with van der Waals surface area (Å²) < 4.78 is 0. The Hall–Kier alpha value is -1.13. The molecule has 0 unspecified atom stereocenters. The second kappa shape index (κ2) is 7.25. The van der Waals surface area contributed by atoms with Gasteiger partial charge in [-0.15, -0.1) is 0 Å². The maximum Gasteiger partial charge on any atom is 0.170 e. The largest absolute Gasteiger partial charge is 0.362 e. The number of anilines is 1. The van der Waals surface area contributed by atoms with Crippen molar-refractivity contribution in [3.63, 3.8) is 0 Å². The summed E-state index contributed by atoms with van der Waals surface area (Å²) in [5, 5.41) is 7.11. The van der Waals surface area contributed by atoms with Gasteiger partial charge in [-0.25, -0.2) is 0 Å². The minimum atomic E-state index is 0.693. The van der Waals surface area contributed by atoms with Crippen LogP contribution in [0.3, 0.4) is 0 Å². The van der Waals surface area contributed by atoms with E-state index >= 15 is 0 Å². The standard InChI is InChI=1S/C13H21N3S/c1-11-7-4-5-8-12(11)15-13(17)14-9-6-10-16(2)3/h4-5,7-8H,6,9-10H2,1-3H3,(H2,14,15,17). The number of para-hydroxylation sites is 1. The highest BCUT2D eigenvalue weighted by Crippen LogP contribution is 2.12. The zero-order chi connectivity index (χ0) is 12.7.